The third kappa shape index (κ3) is 5.24. The van der Waals surface area contributed by atoms with Gasteiger partial charge in [0, 0.05) is 29.8 Å². The van der Waals surface area contributed by atoms with Crippen molar-refractivity contribution in [2.75, 3.05) is 0 Å². The maximum atomic E-state index is 12.4. The number of nitrogens with one attached hydrogen (secondary N) is 1. The molecule has 3 rings (SSSR count). The Labute approximate surface area is 155 Å². The summed E-state index contributed by atoms with van der Waals surface area (Å²) in [5, 5.41) is 13.6. The third-order valence-electron chi connectivity index (χ3n) is 3.99. The van der Waals surface area contributed by atoms with Gasteiger partial charge in [-0.1, -0.05) is 42.5 Å². The van der Waals surface area contributed by atoms with E-state index in [2.05, 4.69) is 5.32 Å². The van der Waals surface area contributed by atoms with E-state index in [0.29, 0.717) is 11.1 Å². The van der Waals surface area contributed by atoms with Crippen molar-refractivity contribution in [1.29, 1.82) is 0 Å². The van der Waals surface area contributed by atoms with Crippen LogP contribution in [0.1, 0.15) is 30.1 Å². The van der Waals surface area contributed by atoms with Gasteiger partial charge in [0.25, 0.3) is 11.6 Å². The van der Waals surface area contributed by atoms with Crippen molar-refractivity contribution in [1.82, 2.24) is 5.32 Å². The van der Waals surface area contributed by atoms with Crippen LogP contribution < -0.4 is 5.32 Å². The van der Waals surface area contributed by atoms with Gasteiger partial charge in [-0.2, -0.15) is 0 Å². The number of hydrogen-bond acceptors (Lipinski definition) is 5. The normalized spacial score (nSPS) is 14.5. The van der Waals surface area contributed by atoms with Crippen LogP contribution in [0.2, 0.25) is 0 Å². The van der Waals surface area contributed by atoms with E-state index in [-0.39, 0.29) is 17.6 Å². The fraction of sp³-hybridized carbons (Fsp3) is 0.200. The first-order chi connectivity index (χ1) is 13.0. The topological polar surface area (TPSA) is 98.5 Å². The smallest absolute Gasteiger partial charge is 0.331 e. The minimum Gasteiger partial charge on any atom is -0.444 e. The van der Waals surface area contributed by atoms with Gasteiger partial charge in [-0.3, -0.25) is 14.9 Å². The Balaban J connectivity index is 1.71. The molecular formula is C20H18N2O5. The number of nitro benzene ring substituents is 1. The molecule has 7 nitrogen and oxygen atoms in total. The molecule has 27 heavy (non-hydrogen) atoms. The van der Waals surface area contributed by atoms with Crippen LogP contribution in [0.4, 0.5) is 5.69 Å². The van der Waals surface area contributed by atoms with E-state index in [1.807, 2.05) is 6.07 Å². The summed E-state index contributed by atoms with van der Waals surface area (Å²) in [6.45, 7) is 0. The number of ether oxygens (including phenoxy) is 1. The number of non-ortho nitro benzene ring substituents is 1. The second-order valence-electron chi connectivity index (χ2n) is 6.20. The number of hydrogen-bond donors (Lipinski definition) is 1. The highest BCUT2D eigenvalue weighted by atomic mass is 16.6. The van der Waals surface area contributed by atoms with E-state index in [1.54, 1.807) is 30.3 Å². The van der Waals surface area contributed by atoms with Crippen molar-refractivity contribution in [3.8, 4) is 0 Å². The Hall–Kier alpha value is -3.48. The number of nitrogens with zero attached hydrogens (tertiary/aromatic N) is 1. The molecule has 0 spiro atoms. The van der Waals surface area contributed by atoms with E-state index in [4.69, 9.17) is 4.74 Å². The molecule has 2 aromatic carbocycles. The van der Waals surface area contributed by atoms with Crippen molar-refractivity contribution in [2.24, 2.45) is 0 Å². The molecule has 1 atom stereocenters. The number of carbonyl (C=O) groups is 2. The van der Waals surface area contributed by atoms with Crippen molar-refractivity contribution >= 4 is 23.6 Å². The summed E-state index contributed by atoms with van der Waals surface area (Å²) in [6, 6.07) is 14.8. The van der Waals surface area contributed by atoms with Gasteiger partial charge in [-0.05, 0) is 24.5 Å². The van der Waals surface area contributed by atoms with Crippen molar-refractivity contribution in [3.63, 3.8) is 0 Å². The molecular weight excluding hydrogens is 348 g/mol. The van der Waals surface area contributed by atoms with Gasteiger partial charge >= 0.3 is 5.97 Å². The lowest BCUT2D eigenvalue weighted by Gasteiger charge is -2.17. The van der Waals surface area contributed by atoms with E-state index in [0.717, 1.165) is 18.9 Å². The number of amides is 1. The maximum absolute atomic E-state index is 12.4. The van der Waals surface area contributed by atoms with Crippen LogP contribution in [0, 0.1) is 10.1 Å². The monoisotopic (exact) mass is 366 g/mol. The number of rotatable bonds is 7. The molecule has 1 aliphatic rings. The van der Waals surface area contributed by atoms with Gasteiger partial charge in [0.2, 0.25) is 6.10 Å². The zero-order chi connectivity index (χ0) is 19.2. The van der Waals surface area contributed by atoms with E-state index < -0.39 is 17.0 Å². The lowest BCUT2D eigenvalue weighted by Crippen LogP contribution is -2.33. The Bertz CT molecular complexity index is 875. The van der Waals surface area contributed by atoms with Crippen LogP contribution in [0.3, 0.4) is 0 Å². The second kappa shape index (κ2) is 8.27. The van der Waals surface area contributed by atoms with Gasteiger partial charge in [-0.25, -0.2) is 4.79 Å². The quantitative estimate of drug-likeness (QED) is 0.351. The molecule has 0 aromatic heterocycles. The molecule has 0 bridgehead atoms. The molecule has 1 saturated carbocycles. The highest BCUT2D eigenvalue weighted by Crippen LogP contribution is 2.23. The second-order valence-corrected chi connectivity index (χ2v) is 6.20. The number of nitro groups is 1. The molecule has 0 unspecified atom stereocenters. The zero-order valence-corrected chi connectivity index (χ0v) is 14.4. The van der Waals surface area contributed by atoms with Gasteiger partial charge in [0.05, 0.1) is 4.92 Å². The Kier molecular flexibility index (Phi) is 5.61. The molecule has 0 aliphatic heterocycles. The summed E-state index contributed by atoms with van der Waals surface area (Å²) in [4.78, 5) is 34.9. The minimum absolute atomic E-state index is 0.0727. The van der Waals surface area contributed by atoms with E-state index in [9.17, 15) is 19.7 Å². The third-order valence-corrected chi connectivity index (χ3v) is 3.99. The van der Waals surface area contributed by atoms with Gasteiger partial charge in [0.15, 0.2) is 0 Å². The van der Waals surface area contributed by atoms with Gasteiger partial charge in [-0.15, -0.1) is 0 Å². The summed E-state index contributed by atoms with van der Waals surface area (Å²) >= 11 is 0. The fourth-order valence-corrected chi connectivity index (χ4v) is 2.47. The lowest BCUT2D eigenvalue weighted by molar-refractivity contribution is -0.384. The van der Waals surface area contributed by atoms with Gasteiger partial charge < -0.3 is 10.1 Å². The molecule has 0 heterocycles. The van der Waals surface area contributed by atoms with Crippen LogP contribution in [0.15, 0.2) is 60.7 Å². The summed E-state index contributed by atoms with van der Waals surface area (Å²) in [5.74, 6) is -1.07. The summed E-state index contributed by atoms with van der Waals surface area (Å²) in [6.07, 6.45) is 3.37. The summed E-state index contributed by atoms with van der Waals surface area (Å²) in [7, 11) is 0. The SMILES string of the molecule is O=C(/C=C/c1cccc([N+](=O)[O-])c1)O[C@@H](C(=O)NC1CC1)c1ccccc1. The Morgan fingerprint density at radius 3 is 2.56 bits per heavy atom. The summed E-state index contributed by atoms with van der Waals surface area (Å²) in [5.41, 5.74) is 0.990. The van der Waals surface area contributed by atoms with Gasteiger partial charge in [0.1, 0.15) is 0 Å². The van der Waals surface area contributed by atoms with Crippen LogP contribution in [-0.2, 0) is 14.3 Å². The number of esters is 1. The highest BCUT2D eigenvalue weighted by Gasteiger charge is 2.30. The van der Waals surface area contributed by atoms with Crippen LogP contribution in [0.25, 0.3) is 6.08 Å². The van der Waals surface area contributed by atoms with Crippen molar-refractivity contribution in [2.45, 2.75) is 25.0 Å². The predicted octanol–water partition coefficient (Wildman–Crippen LogP) is 3.17. The number of benzene rings is 2. The molecule has 0 saturated heterocycles. The van der Waals surface area contributed by atoms with E-state index >= 15 is 0 Å². The predicted molar refractivity (Wildman–Crippen MR) is 98.6 cm³/mol. The zero-order valence-electron chi connectivity index (χ0n) is 14.4. The Morgan fingerprint density at radius 2 is 1.89 bits per heavy atom. The van der Waals surface area contributed by atoms with E-state index in [1.165, 1.54) is 24.3 Å². The fourth-order valence-electron chi connectivity index (χ4n) is 2.47. The average molecular weight is 366 g/mol. The molecule has 1 aliphatic carbocycles. The molecule has 1 N–H and O–H groups in total. The van der Waals surface area contributed by atoms with Crippen LogP contribution in [-0.4, -0.2) is 22.8 Å². The highest BCUT2D eigenvalue weighted by molar-refractivity contribution is 5.91. The largest absolute Gasteiger partial charge is 0.444 e. The van der Waals surface area contributed by atoms with Crippen LogP contribution in [0.5, 0.6) is 0 Å². The standard InChI is InChI=1S/C20H18N2O5/c23-18(12-9-14-5-4-8-17(13-14)22(25)26)27-19(15-6-2-1-3-7-15)20(24)21-16-10-11-16/h1-9,12-13,16,19H,10-11H2,(H,21,24)/b12-9+/t19-/m1/s1. The first kappa shape index (κ1) is 18.3. The van der Waals surface area contributed by atoms with Crippen molar-refractivity contribution < 1.29 is 19.2 Å². The minimum atomic E-state index is -1.05. The molecule has 1 amide bonds. The van der Waals surface area contributed by atoms with Crippen LogP contribution >= 0.6 is 0 Å². The molecule has 7 heteroatoms. The van der Waals surface area contributed by atoms with Crippen molar-refractivity contribution in [3.05, 3.63) is 81.9 Å². The maximum Gasteiger partial charge on any atom is 0.331 e. The first-order valence-corrected chi connectivity index (χ1v) is 8.51. The average Bonchev–Trinajstić information content (AvgIpc) is 3.49. The molecule has 138 valence electrons. The lowest BCUT2D eigenvalue weighted by atomic mass is 10.1. The molecule has 2 aromatic rings. The molecule has 1 fully saturated rings. The Morgan fingerprint density at radius 1 is 1.15 bits per heavy atom. The molecule has 0 radical (unpaired) electrons. The first-order valence-electron chi connectivity index (χ1n) is 8.51. The number of carbonyl (C=O) groups excluding carboxylic acids is 2. The summed E-state index contributed by atoms with van der Waals surface area (Å²) < 4.78 is 5.35.